The van der Waals surface area contributed by atoms with Gasteiger partial charge in [-0.1, -0.05) is 24.1 Å². The predicted octanol–water partition coefficient (Wildman–Crippen LogP) is 4.69. The lowest BCUT2D eigenvalue weighted by Gasteiger charge is -2.36. The van der Waals surface area contributed by atoms with Crippen molar-refractivity contribution in [2.24, 2.45) is 0 Å². The number of benzene rings is 1. The molecule has 0 spiro atoms. The van der Waals surface area contributed by atoms with E-state index in [2.05, 4.69) is 27.3 Å². The lowest BCUT2D eigenvalue weighted by atomic mass is 10.1. The largest absolute Gasteiger partial charge is 0.369 e. The first kappa shape index (κ1) is 21.2. The molecular formula is C23H27ClN4OS. The molecule has 2 aromatic rings. The predicted molar refractivity (Wildman–Crippen MR) is 124 cm³/mol. The van der Waals surface area contributed by atoms with Gasteiger partial charge in [0.25, 0.3) is 0 Å². The van der Waals surface area contributed by atoms with Gasteiger partial charge >= 0.3 is 0 Å². The highest BCUT2D eigenvalue weighted by Crippen LogP contribution is 2.37. The van der Waals surface area contributed by atoms with Crippen LogP contribution in [0.2, 0.25) is 5.02 Å². The number of fused-ring (bicyclic) bond motifs is 1. The van der Waals surface area contributed by atoms with Crippen LogP contribution in [0.5, 0.6) is 0 Å². The zero-order chi connectivity index (χ0) is 20.9. The van der Waals surface area contributed by atoms with Gasteiger partial charge in [-0.3, -0.25) is 9.69 Å². The quantitative estimate of drug-likeness (QED) is 0.682. The molecular weight excluding hydrogens is 416 g/mol. The minimum Gasteiger partial charge on any atom is -0.369 e. The van der Waals surface area contributed by atoms with E-state index in [1.165, 1.54) is 23.3 Å². The highest BCUT2D eigenvalue weighted by molar-refractivity contribution is 7.16. The smallest absolute Gasteiger partial charge is 0.226 e. The number of rotatable bonds is 5. The summed E-state index contributed by atoms with van der Waals surface area (Å²) in [6.07, 6.45) is 5.96. The third kappa shape index (κ3) is 4.97. The van der Waals surface area contributed by atoms with Crippen molar-refractivity contribution >= 4 is 39.5 Å². The average Bonchev–Trinajstić information content (AvgIpc) is 2.91. The number of carbonyl (C=O) groups excluding carboxylic acids is 1. The fourth-order valence-electron chi connectivity index (χ4n) is 4.30. The van der Waals surface area contributed by atoms with Gasteiger partial charge in [-0.25, -0.2) is 0 Å². The summed E-state index contributed by atoms with van der Waals surface area (Å²) in [4.78, 5) is 18.5. The van der Waals surface area contributed by atoms with Gasteiger partial charge in [0, 0.05) is 54.7 Å². The van der Waals surface area contributed by atoms with Gasteiger partial charge < -0.3 is 10.2 Å². The van der Waals surface area contributed by atoms with E-state index in [0.29, 0.717) is 12.0 Å². The van der Waals surface area contributed by atoms with Crippen molar-refractivity contribution in [3.63, 3.8) is 0 Å². The van der Waals surface area contributed by atoms with Gasteiger partial charge in [-0.05, 0) is 49.4 Å². The highest BCUT2D eigenvalue weighted by Gasteiger charge is 2.22. The van der Waals surface area contributed by atoms with E-state index in [0.717, 1.165) is 67.7 Å². The molecule has 0 unspecified atom stereocenters. The molecule has 1 aliphatic carbocycles. The molecule has 5 nitrogen and oxygen atoms in total. The minimum atomic E-state index is 0.000167. The summed E-state index contributed by atoms with van der Waals surface area (Å²) in [7, 11) is 0. The number of hydrogen-bond acceptors (Lipinski definition) is 5. The van der Waals surface area contributed by atoms with Crippen LogP contribution in [0, 0.1) is 11.3 Å². The molecule has 0 atom stereocenters. The Morgan fingerprint density at radius 3 is 2.73 bits per heavy atom. The zero-order valence-electron chi connectivity index (χ0n) is 17.1. The molecule has 0 saturated carbocycles. The van der Waals surface area contributed by atoms with E-state index in [9.17, 15) is 10.1 Å². The van der Waals surface area contributed by atoms with Gasteiger partial charge in [0.1, 0.15) is 11.1 Å². The van der Waals surface area contributed by atoms with Crippen LogP contribution < -0.4 is 10.2 Å². The molecule has 1 aliphatic heterocycles. The molecule has 0 bridgehead atoms. The van der Waals surface area contributed by atoms with E-state index in [1.807, 2.05) is 18.2 Å². The molecule has 4 rings (SSSR count). The maximum Gasteiger partial charge on any atom is 0.226 e. The second kappa shape index (κ2) is 9.82. The van der Waals surface area contributed by atoms with Gasteiger partial charge in [0.05, 0.1) is 5.56 Å². The van der Waals surface area contributed by atoms with Crippen molar-refractivity contribution in [2.75, 3.05) is 42.9 Å². The van der Waals surface area contributed by atoms with Crippen molar-refractivity contribution in [3.05, 3.63) is 45.3 Å². The molecule has 30 heavy (non-hydrogen) atoms. The Morgan fingerprint density at radius 2 is 1.97 bits per heavy atom. The number of thiophene rings is 1. The number of halogens is 1. The average molecular weight is 443 g/mol. The Kier molecular flexibility index (Phi) is 6.93. The number of hydrogen-bond donors (Lipinski definition) is 1. The van der Waals surface area contributed by atoms with Crippen molar-refractivity contribution in [1.29, 1.82) is 5.26 Å². The van der Waals surface area contributed by atoms with Crippen LogP contribution in [-0.2, 0) is 17.6 Å². The van der Waals surface area contributed by atoms with Crippen molar-refractivity contribution in [3.8, 4) is 6.07 Å². The van der Waals surface area contributed by atoms with Crippen LogP contribution in [0.3, 0.4) is 0 Å². The van der Waals surface area contributed by atoms with Crippen LogP contribution in [0.25, 0.3) is 0 Å². The number of amides is 1. The fraction of sp³-hybridized carbons (Fsp3) is 0.478. The van der Waals surface area contributed by atoms with E-state index in [4.69, 9.17) is 11.6 Å². The lowest BCUT2D eigenvalue weighted by Crippen LogP contribution is -2.47. The van der Waals surface area contributed by atoms with E-state index >= 15 is 0 Å². The Labute approximate surface area is 187 Å². The molecule has 1 aromatic carbocycles. The molecule has 1 fully saturated rings. The summed E-state index contributed by atoms with van der Waals surface area (Å²) < 4.78 is 0. The third-order valence-corrected chi connectivity index (χ3v) is 7.43. The van der Waals surface area contributed by atoms with Crippen molar-refractivity contribution < 1.29 is 4.79 Å². The summed E-state index contributed by atoms with van der Waals surface area (Å²) in [6.45, 7) is 4.45. The fourth-order valence-corrected chi connectivity index (χ4v) is 5.74. The normalized spacial score (nSPS) is 17.1. The SMILES string of the molecule is N#Cc1c(NC(=O)CCN2CCN(c3cccc(Cl)c3)CC2)sc2c1CCCCC2. The van der Waals surface area contributed by atoms with E-state index in [-0.39, 0.29) is 5.91 Å². The number of nitrogens with one attached hydrogen (secondary N) is 1. The van der Waals surface area contributed by atoms with Crippen LogP contribution >= 0.6 is 22.9 Å². The molecule has 7 heteroatoms. The molecule has 0 radical (unpaired) electrons. The molecule has 1 amide bonds. The zero-order valence-corrected chi connectivity index (χ0v) is 18.7. The molecule has 158 valence electrons. The first-order valence-electron chi connectivity index (χ1n) is 10.7. The maximum atomic E-state index is 12.6. The Balaban J connectivity index is 1.27. The number of nitriles is 1. The number of carbonyl (C=O) groups is 1. The first-order valence-corrected chi connectivity index (χ1v) is 11.9. The summed E-state index contributed by atoms with van der Waals surface area (Å²) in [5.74, 6) is 0.000167. The molecule has 1 saturated heterocycles. The molecule has 2 aliphatic rings. The van der Waals surface area contributed by atoms with Gasteiger partial charge in [-0.2, -0.15) is 5.26 Å². The topological polar surface area (TPSA) is 59.4 Å². The lowest BCUT2D eigenvalue weighted by molar-refractivity contribution is -0.116. The second-order valence-electron chi connectivity index (χ2n) is 7.99. The summed E-state index contributed by atoms with van der Waals surface area (Å²) in [5, 5.41) is 14.2. The van der Waals surface area contributed by atoms with E-state index in [1.54, 1.807) is 11.3 Å². The second-order valence-corrected chi connectivity index (χ2v) is 9.53. The number of anilines is 2. The summed E-state index contributed by atoms with van der Waals surface area (Å²) >= 11 is 7.71. The molecule has 2 heterocycles. The van der Waals surface area contributed by atoms with Crippen LogP contribution in [-0.4, -0.2) is 43.5 Å². The highest BCUT2D eigenvalue weighted by atomic mass is 35.5. The van der Waals surface area contributed by atoms with Crippen LogP contribution in [0.4, 0.5) is 10.7 Å². The minimum absolute atomic E-state index is 0.000167. The summed E-state index contributed by atoms with van der Waals surface area (Å²) in [5.41, 5.74) is 3.02. The number of aryl methyl sites for hydroxylation is 1. The van der Waals surface area contributed by atoms with Crippen molar-refractivity contribution in [2.45, 2.75) is 38.5 Å². The first-order chi connectivity index (χ1) is 14.6. The Morgan fingerprint density at radius 1 is 1.17 bits per heavy atom. The summed E-state index contributed by atoms with van der Waals surface area (Å²) in [6, 6.07) is 10.3. The van der Waals surface area contributed by atoms with Crippen LogP contribution in [0.1, 0.15) is 41.7 Å². The van der Waals surface area contributed by atoms with Gasteiger partial charge in [0.2, 0.25) is 5.91 Å². The molecule has 1 aromatic heterocycles. The van der Waals surface area contributed by atoms with E-state index < -0.39 is 0 Å². The number of nitrogens with zero attached hydrogens (tertiary/aromatic N) is 3. The monoisotopic (exact) mass is 442 g/mol. The van der Waals surface area contributed by atoms with Crippen molar-refractivity contribution in [1.82, 2.24) is 4.90 Å². The molecule has 1 N–H and O–H groups in total. The Hall–Kier alpha value is -2.07. The van der Waals surface area contributed by atoms with Crippen LogP contribution in [0.15, 0.2) is 24.3 Å². The maximum absolute atomic E-state index is 12.6. The Bertz CT molecular complexity index is 943. The number of piperazine rings is 1. The van der Waals surface area contributed by atoms with Gasteiger partial charge in [-0.15, -0.1) is 11.3 Å². The van der Waals surface area contributed by atoms with Gasteiger partial charge in [0.15, 0.2) is 0 Å². The standard InChI is InChI=1S/C23H27ClN4OS/c24-17-5-4-6-18(15-17)28-13-11-27(12-14-28)10-9-22(29)26-23-20(16-25)19-7-2-1-3-8-21(19)30-23/h4-6,15H,1-3,7-14H2,(H,26,29). The third-order valence-electron chi connectivity index (χ3n) is 5.99.